The summed E-state index contributed by atoms with van der Waals surface area (Å²) in [6.07, 6.45) is -2.67. The van der Waals surface area contributed by atoms with E-state index in [-0.39, 0.29) is 5.75 Å². The number of ether oxygens (including phenoxy) is 1. The predicted octanol–water partition coefficient (Wildman–Crippen LogP) is 3.22. The number of hydrogen-bond donors (Lipinski definition) is 1. The van der Waals surface area contributed by atoms with Crippen LogP contribution >= 0.6 is 0 Å². The van der Waals surface area contributed by atoms with Crippen LogP contribution in [0.2, 0.25) is 0 Å². The van der Waals surface area contributed by atoms with E-state index in [9.17, 15) is 17.6 Å². The lowest BCUT2D eigenvalue weighted by atomic mass is 9.99. The molecule has 0 aliphatic carbocycles. The van der Waals surface area contributed by atoms with E-state index in [1.165, 1.54) is 0 Å². The molecule has 1 heterocycles. The average Bonchev–Trinajstić information content (AvgIpc) is 2.37. The zero-order valence-corrected chi connectivity index (χ0v) is 10.3. The third-order valence-corrected chi connectivity index (χ3v) is 3.19. The molecule has 0 unspecified atom stereocenters. The Bertz CT molecular complexity index is 427. The second-order valence-corrected chi connectivity index (χ2v) is 4.65. The lowest BCUT2D eigenvalue weighted by Gasteiger charge is -2.22. The third kappa shape index (κ3) is 3.83. The Kier molecular flexibility index (Phi) is 4.29. The number of piperidine rings is 1. The summed E-state index contributed by atoms with van der Waals surface area (Å²) >= 11 is 0. The second-order valence-electron chi connectivity index (χ2n) is 4.65. The maximum atomic E-state index is 13.5. The first-order valence-electron chi connectivity index (χ1n) is 6.17. The first-order chi connectivity index (χ1) is 8.97. The van der Waals surface area contributed by atoms with Crippen molar-refractivity contribution in [3.05, 3.63) is 29.6 Å². The molecule has 0 saturated carbocycles. The monoisotopic (exact) mass is 277 g/mol. The zero-order valence-electron chi connectivity index (χ0n) is 10.3. The number of rotatable bonds is 3. The summed E-state index contributed by atoms with van der Waals surface area (Å²) in [6, 6.07) is 2.35. The highest BCUT2D eigenvalue weighted by Crippen LogP contribution is 2.32. The molecule has 1 saturated heterocycles. The van der Waals surface area contributed by atoms with Gasteiger partial charge in [0.2, 0.25) is 0 Å². The Labute approximate surface area is 108 Å². The maximum absolute atomic E-state index is 13.5. The lowest BCUT2D eigenvalue weighted by Crippen LogP contribution is -2.30. The van der Waals surface area contributed by atoms with E-state index in [2.05, 4.69) is 5.32 Å². The van der Waals surface area contributed by atoms with E-state index in [1.807, 2.05) is 0 Å². The molecule has 0 bridgehead atoms. The van der Waals surface area contributed by atoms with E-state index in [0.717, 1.165) is 38.1 Å². The van der Waals surface area contributed by atoms with Crippen LogP contribution in [-0.4, -0.2) is 19.7 Å². The van der Waals surface area contributed by atoms with Crippen LogP contribution in [0.25, 0.3) is 0 Å². The summed E-state index contributed by atoms with van der Waals surface area (Å²) in [5, 5.41) is 3.19. The van der Waals surface area contributed by atoms with Crippen LogP contribution in [0, 0.1) is 11.7 Å². The van der Waals surface area contributed by atoms with Gasteiger partial charge in [-0.15, -0.1) is 0 Å². The molecule has 0 radical (unpaired) electrons. The minimum absolute atomic E-state index is 0.119. The first-order valence-corrected chi connectivity index (χ1v) is 6.17. The maximum Gasteiger partial charge on any atom is 0.416 e. The fourth-order valence-electron chi connectivity index (χ4n) is 2.05. The van der Waals surface area contributed by atoms with E-state index in [1.54, 1.807) is 0 Å². The minimum atomic E-state index is -4.53. The molecule has 2 nitrogen and oxygen atoms in total. The molecular weight excluding hydrogens is 262 g/mol. The number of hydrogen-bond acceptors (Lipinski definition) is 2. The Balaban J connectivity index is 1.97. The SMILES string of the molecule is Fc1cc(C(F)(F)F)ccc1OCC1CCNCC1. The van der Waals surface area contributed by atoms with Gasteiger partial charge in [-0.2, -0.15) is 13.2 Å². The Morgan fingerprint density at radius 1 is 1.21 bits per heavy atom. The highest BCUT2D eigenvalue weighted by Gasteiger charge is 2.31. The van der Waals surface area contributed by atoms with Crippen LogP contribution in [0.5, 0.6) is 5.75 Å². The molecule has 0 spiro atoms. The predicted molar refractivity (Wildman–Crippen MR) is 62.5 cm³/mol. The third-order valence-electron chi connectivity index (χ3n) is 3.19. The van der Waals surface area contributed by atoms with Gasteiger partial charge in [0.05, 0.1) is 12.2 Å². The van der Waals surface area contributed by atoms with E-state index in [0.29, 0.717) is 18.6 Å². The van der Waals surface area contributed by atoms with Crippen molar-refractivity contribution in [2.24, 2.45) is 5.92 Å². The van der Waals surface area contributed by atoms with Gasteiger partial charge >= 0.3 is 6.18 Å². The van der Waals surface area contributed by atoms with Gasteiger partial charge < -0.3 is 10.1 Å². The Morgan fingerprint density at radius 3 is 2.47 bits per heavy atom. The van der Waals surface area contributed by atoms with Crippen molar-refractivity contribution < 1.29 is 22.3 Å². The molecule has 1 aliphatic heterocycles. The summed E-state index contributed by atoms with van der Waals surface area (Å²) in [7, 11) is 0. The molecular formula is C13H15F4NO. The molecule has 19 heavy (non-hydrogen) atoms. The topological polar surface area (TPSA) is 21.3 Å². The van der Waals surface area contributed by atoms with Crippen molar-refractivity contribution in [2.45, 2.75) is 19.0 Å². The van der Waals surface area contributed by atoms with Gasteiger partial charge in [0.1, 0.15) is 0 Å². The van der Waals surface area contributed by atoms with E-state index >= 15 is 0 Å². The fraction of sp³-hybridized carbons (Fsp3) is 0.538. The highest BCUT2D eigenvalue weighted by atomic mass is 19.4. The van der Waals surface area contributed by atoms with Crippen molar-refractivity contribution >= 4 is 0 Å². The van der Waals surface area contributed by atoms with E-state index in [4.69, 9.17) is 4.74 Å². The number of alkyl halides is 3. The van der Waals surface area contributed by atoms with Crippen molar-refractivity contribution in [2.75, 3.05) is 19.7 Å². The van der Waals surface area contributed by atoms with E-state index < -0.39 is 17.6 Å². The quantitative estimate of drug-likeness (QED) is 0.856. The van der Waals surface area contributed by atoms with Crippen LogP contribution < -0.4 is 10.1 Å². The summed E-state index contributed by atoms with van der Waals surface area (Å²) in [5.74, 6) is -0.766. The van der Waals surface area contributed by atoms with Gasteiger partial charge in [-0.1, -0.05) is 0 Å². The van der Waals surface area contributed by atoms with Crippen LogP contribution in [0.15, 0.2) is 18.2 Å². The Hall–Kier alpha value is -1.30. The summed E-state index contributed by atoms with van der Waals surface area (Å²) < 4.78 is 55.9. The number of nitrogens with one attached hydrogen (secondary N) is 1. The van der Waals surface area contributed by atoms with Gasteiger partial charge in [0.15, 0.2) is 11.6 Å². The normalized spacial score (nSPS) is 17.5. The molecule has 1 aliphatic rings. The van der Waals surface area contributed by atoms with Crippen LogP contribution in [0.4, 0.5) is 17.6 Å². The summed E-state index contributed by atoms with van der Waals surface area (Å²) in [5.41, 5.74) is -1.00. The van der Waals surface area contributed by atoms with Gasteiger partial charge in [0, 0.05) is 0 Å². The molecule has 1 N–H and O–H groups in total. The van der Waals surface area contributed by atoms with Gasteiger partial charge in [0.25, 0.3) is 0 Å². The van der Waals surface area contributed by atoms with Crippen LogP contribution in [0.3, 0.4) is 0 Å². The molecule has 6 heteroatoms. The lowest BCUT2D eigenvalue weighted by molar-refractivity contribution is -0.137. The number of benzene rings is 1. The summed E-state index contributed by atoms with van der Waals surface area (Å²) in [6.45, 7) is 2.12. The first kappa shape index (κ1) is 14.1. The van der Waals surface area contributed by atoms with Gasteiger partial charge in [-0.05, 0) is 50.0 Å². The van der Waals surface area contributed by atoms with Gasteiger partial charge in [-0.25, -0.2) is 4.39 Å². The molecule has 0 amide bonds. The smallest absolute Gasteiger partial charge is 0.416 e. The van der Waals surface area contributed by atoms with Crippen LogP contribution in [0.1, 0.15) is 18.4 Å². The Morgan fingerprint density at radius 2 is 1.89 bits per heavy atom. The van der Waals surface area contributed by atoms with Crippen molar-refractivity contribution in [1.82, 2.24) is 5.32 Å². The standard InChI is InChI=1S/C13H15F4NO/c14-11-7-10(13(15,16)17)1-2-12(11)19-8-9-3-5-18-6-4-9/h1-2,7,9,18H,3-6,8H2. The average molecular weight is 277 g/mol. The van der Waals surface area contributed by atoms with Crippen LogP contribution in [-0.2, 0) is 6.18 Å². The van der Waals surface area contributed by atoms with Crippen molar-refractivity contribution in [3.8, 4) is 5.75 Å². The van der Waals surface area contributed by atoms with Crippen molar-refractivity contribution in [1.29, 1.82) is 0 Å². The minimum Gasteiger partial charge on any atom is -0.490 e. The molecule has 2 rings (SSSR count). The molecule has 1 fully saturated rings. The molecule has 0 atom stereocenters. The second kappa shape index (κ2) is 5.77. The van der Waals surface area contributed by atoms with Crippen molar-refractivity contribution in [3.63, 3.8) is 0 Å². The molecule has 1 aromatic rings. The number of halogens is 4. The molecule has 1 aromatic carbocycles. The highest BCUT2D eigenvalue weighted by molar-refractivity contribution is 5.30. The summed E-state index contributed by atoms with van der Waals surface area (Å²) in [4.78, 5) is 0. The molecule has 106 valence electrons. The zero-order chi connectivity index (χ0) is 13.9. The van der Waals surface area contributed by atoms with Gasteiger partial charge in [-0.3, -0.25) is 0 Å². The largest absolute Gasteiger partial charge is 0.490 e. The molecule has 0 aromatic heterocycles. The fourth-order valence-corrected chi connectivity index (χ4v) is 2.05.